The van der Waals surface area contributed by atoms with Gasteiger partial charge in [0, 0.05) is 18.7 Å². The van der Waals surface area contributed by atoms with Gasteiger partial charge in [-0.15, -0.1) is 13.2 Å². The SMILES string of the molecule is CCc1cc(C)c2c(c1)CN(Cc1ccc(OC(F)(F)F)cc1)C2=O. The van der Waals surface area contributed by atoms with Gasteiger partial charge in [-0.25, -0.2) is 0 Å². The first kappa shape index (κ1) is 17.3. The summed E-state index contributed by atoms with van der Waals surface area (Å²) in [5.41, 5.74) is 4.67. The van der Waals surface area contributed by atoms with Gasteiger partial charge in [0.2, 0.25) is 0 Å². The van der Waals surface area contributed by atoms with Crippen molar-refractivity contribution in [3.63, 3.8) is 0 Å². The monoisotopic (exact) mass is 349 g/mol. The normalized spacial score (nSPS) is 14.0. The van der Waals surface area contributed by atoms with Crippen LogP contribution in [0.4, 0.5) is 13.2 Å². The van der Waals surface area contributed by atoms with Gasteiger partial charge in [0.25, 0.3) is 5.91 Å². The van der Waals surface area contributed by atoms with Gasteiger partial charge in [-0.3, -0.25) is 4.79 Å². The van der Waals surface area contributed by atoms with Crippen LogP contribution in [0.25, 0.3) is 0 Å². The van der Waals surface area contributed by atoms with E-state index in [-0.39, 0.29) is 11.7 Å². The second-order valence-corrected chi connectivity index (χ2v) is 6.15. The number of ether oxygens (including phenoxy) is 1. The first-order valence-corrected chi connectivity index (χ1v) is 8.03. The summed E-state index contributed by atoms with van der Waals surface area (Å²) in [6, 6.07) is 9.70. The van der Waals surface area contributed by atoms with Crippen molar-refractivity contribution in [1.29, 1.82) is 0 Å². The van der Waals surface area contributed by atoms with Gasteiger partial charge < -0.3 is 9.64 Å². The number of halogens is 3. The molecule has 6 heteroatoms. The number of hydrogen-bond donors (Lipinski definition) is 0. The van der Waals surface area contributed by atoms with Crippen molar-refractivity contribution in [3.8, 4) is 5.75 Å². The summed E-state index contributed by atoms with van der Waals surface area (Å²) in [6.45, 7) is 4.87. The third kappa shape index (κ3) is 3.78. The minimum Gasteiger partial charge on any atom is -0.406 e. The maximum atomic E-state index is 12.6. The molecule has 0 spiro atoms. The number of carbonyl (C=O) groups excluding carboxylic acids is 1. The average molecular weight is 349 g/mol. The largest absolute Gasteiger partial charge is 0.573 e. The molecule has 0 atom stereocenters. The number of amides is 1. The molecular formula is C19H18F3NO2. The zero-order valence-electron chi connectivity index (χ0n) is 14.0. The molecule has 1 heterocycles. The number of aryl methyl sites for hydroxylation is 2. The molecule has 0 saturated heterocycles. The topological polar surface area (TPSA) is 29.5 Å². The lowest BCUT2D eigenvalue weighted by atomic mass is 9.99. The highest BCUT2D eigenvalue weighted by atomic mass is 19.4. The fraction of sp³-hybridized carbons (Fsp3) is 0.316. The van der Waals surface area contributed by atoms with Gasteiger partial charge in [-0.2, -0.15) is 0 Å². The fourth-order valence-corrected chi connectivity index (χ4v) is 3.16. The van der Waals surface area contributed by atoms with Gasteiger partial charge in [0.1, 0.15) is 5.75 Å². The molecule has 132 valence electrons. The van der Waals surface area contributed by atoms with Crippen LogP contribution in [-0.2, 0) is 19.5 Å². The molecule has 0 radical (unpaired) electrons. The van der Waals surface area contributed by atoms with Crippen LogP contribution in [-0.4, -0.2) is 17.2 Å². The molecule has 0 fully saturated rings. The van der Waals surface area contributed by atoms with Crippen LogP contribution in [0.5, 0.6) is 5.75 Å². The van der Waals surface area contributed by atoms with Crippen molar-refractivity contribution in [2.24, 2.45) is 0 Å². The Morgan fingerprint density at radius 1 is 1.12 bits per heavy atom. The van der Waals surface area contributed by atoms with E-state index in [4.69, 9.17) is 0 Å². The van der Waals surface area contributed by atoms with Gasteiger partial charge in [-0.1, -0.05) is 31.2 Å². The number of fused-ring (bicyclic) bond motifs is 1. The van der Waals surface area contributed by atoms with Crippen molar-refractivity contribution in [2.75, 3.05) is 0 Å². The molecule has 0 saturated carbocycles. The summed E-state index contributed by atoms with van der Waals surface area (Å²) in [6.07, 6.45) is -3.80. The standard InChI is InChI=1S/C19H18F3NO2/c1-3-13-8-12(2)17-15(9-13)11-23(18(17)24)10-14-4-6-16(7-5-14)25-19(20,21)22/h4-9H,3,10-11H2,1-2H3. The Morgan fingerprint density at radius 2 is 1.80 bits per heavy atom. The lowest BCUT2D eigenvalue weighted by Crippen LogP contribution is -2.23. The summed E-state index contributed by atoms with van der Waals surface area (Å²) >= 11 is 0. The number of alkyl halides is 3. The predicted molar refractivity (Wildman–Crippen MR) is 87.3 cm³/mol. The quantitative estimate of drug-likeness (QED) is 0.807. The Balaban J connectivity index is 1.74. The van der Waals surface area contributed by atoms with Crippen LogP contribution in [0.2, 0.25) is 0 Å². The molecule has 0 unspecified atom stereocenters. The van der Waals surface area contributed by atoms with Crippen molar-refractivity contribution in [1.82, 2.24) is 4.90 Å². The van der Waals surface area contributed by atoms with Gasteiger partial charge >= 0.3 is 6.36 Å². The summed E-state index contributed by atoms with van der Waals surface area (Å²) in [4.78, 5) is 14.3. The predicted octanol–water partition coefficient (Wildman–Crippen LogP) is 4.61. The second kappa shape index (κ2) is 6.43. The molecule has 0 aliphatic carbocycles. The number of carbonyl (C=O) groups is 1. The van der Waals surface area contributed by atoms with E-state index in [0.29, 0.717) is 13.1 Å². The number of nitrogens with zero attached hydrogens (tertiary/aromatic N) is 1. The van der Waals surface area contributed by atoms with E-state index >= 15 is 0 Å². The molecule has 1 amide bonds. The smallest absolute Gasteiger partial charge is 0.406 e. The molecular weight excluding hydrogens is 331 g/mol. The summed E-state index contributed by atoms with van der Waals surface area (Å²) in [7, 11) is 0. The van der Waals surface area contributed by atoms with Crippen LogP contribution >= 0.6 is 0 Å². The first-order chi connectivity index (χ1) is 11.8. The summed E-state index contributed by atoms with van der Waals surface area (Å²) in [5.74, 6) is -0.304. The van der Waals surface area contributed by atoms with Crippen molar-refractivity contribution in [2.45, 2.75) is 39.7 Å². The van der Waals surface area contributed by atoms with Crippen LogP contribution in [0, 0.1) is 6.92 Å². The molecule has 1 aliphatic heterocycles. The lowest BCUT2D eigenvalue weighted by molar-refractivity contribution is -0.274. The van der Waals surface area contributed by atoms with Crippen molar-refractivity contribution >= 4 is 5.91 Å². The van der Waals surface area contributed by atoms with E-state index < -0.39 is 6.36 Å². The van der Waals surface area contributed by atoms with E-state index in [1.54, 1.807) is 17.0 Å². The van der Waals surface area contributed by atoms with E-state index in [1.165, 1.54) is 17.7 Å². The summed E-state index contributed by atoms with van der Waals surface area (Å²) < 4.78 is 40.4. The molecule has 0 aromatic heterocycles. The molecule has 2 aromatic rings. The summed E-state index contributed by atoms with van der Waals surface area (Å²) in [5, 5.41) is 0. The van der Waals surface area contributed by atoms with Crippen LogP contribution in [0.3, 0.4) is 0 Å². The third-order valence-corrected chi connectivity index (χ3v) is 4.28. The zero-order valence-corrected chi connectivity index (χ0v) is 14.0. The average Bonchev–Trinajstić information content (AvgIpc) is 2.84. The van der Waals surface area contributed by atoms with Gasteiger partial charge in [0.15, 0.2) is 0 Å². The molecule has 1 aliphatic rings. The molecule has 2 aromatic carbocycles. The van der Waals surface area contributed by atoms with Crippen molar-refractivity contribution in [3.05, 3.63) is 64.2 Å². The highest BCUT2D eigenvalue weighted by Crippen LogP contribution is 2.29. The Bertz CT molecular complexity index is 798. The van der Waals surface area contributed by atoms with Crippen LogP contribution in [0.15, 0.2) is 36.4 Å². The molecule has 0 N–H and O–H groups in total. The second-order valence-electron chi connectivity index (χ2n) is 6.15. The Kier molecular flexibility index (Phi) is 4.45. The van der Waals surface area contributed by atoms with Crippen LogP contribution in [0.1, 0.15) is 39.5 Å². The van der Waals surface area contributed by atoms with E-state index in [1.807, 2.05) is 13.0 Å². The van der Waals surface area contributed by atoms with E-state index in [0.717, 1.165) is 28.7 Å². The van der Waals surface area contributed by atoms with Gasteiger partial charge in [-0.05, 0) is 47.7 Å². The molecule has 3 rings (SSSR count). The minimum atomic E-state index is -4.71. The third-order valence-electron chi connectivity index (χ3n) is 4.28. The van der Waals surface area contributed by atoms with E-state index in [9.17, 15) is 18.0 Å². The fourth-order valence-electron chi connectivity index (χ4n) is 3.16. The Hall–Kier alpha value is -2.50. The zero-order chi connectivity index (χ0) is 18.2. The molecule has 3 nitrogen and oxygen atoms in total. The van der Waals surface area contributed by atoms with E-state index in [2.05, 4.69) is 17.7 Å². The molecule has 0 bridgehead atoms. The number of benzene rings is 2. The van der Waals surface area contributed by atoms with Crippen molar-refractivity contribution < 1.29 is 22.7 Å². The minimum absolute atomic E-state index is 0.0363. The first-order valence-electron chi connectivity index (χ1n) is 8.03. The maximum absolute atomic E-state index is 12.6. The highest BCUT2D eigenvalue weighted by molar-refractivity contribution is 5.99. The Morgan fingerprint density at radius 3 is 2.40 bits per heavy atom. The Labute approximate surface area is 144 Å². The number of rotatable bonds is 4. The lowest BCUT2D eigenvalue weighted by Gasteiger charge is -2.16. The van der Waals surface area contributed by atoms with Crippen LogP contribution < -0.4 is 4.74 Å². The number of hydrogen-bond acceptors (Lipinski definition) is 2. The highest BCUT2D eigenvalue weighted by Gasteiger charge is 2.31. The maximum Gasteiger partial charge on any atom is 0.573 e. The molecule has 25 heavy (non-hydrogen) atoms. The van der Waals surface area contributed by atoms with Gasteiger partial charge in [0.05, 0.1) is 0 Å².